The van der Waals surface area contributed by atoms with Crippen molar-refractivity contribution in [2.75, 3.05) is 13.1 Å². The topological polar surface area (TPSA) is 64.4 Å². The van der Waals surface area contributed by atoms with E-state index < -0.39 is 16.4 Å². The lowest BCUT2D eigenvalue weighted by atomic mass is 10.1. The van der Waals surface area contributed by atoms with Crippen molar-refractivity contribution in [3.8, 4) is 5.75 Å². The van der Waals surface area contributed by atoms with Crippen LogP contribution in [0.25, 0.3) is 0 Å². The van der Waals surface area contributed by atoms with E-state index in [1.54, 1.807) is 0 Å². The Morgan fingerprint density at radius 2 is 2.35 bits per heavy atom. The van der Waals surface area contributed by atoms with E-state index >= 15 is 0 Å². The molecule has 0 spiro atoms. The molecule has 2 rings (SSSR count). The van der Waals surface area contributed by atoms with Gasteiger partial charge in [-0.1, -0.05) is 6.07 Å². The lowest BCUT2D eigenvalue weighted by Gasteiger charge is -2.23. The summed E-state index contributed by atoms with van der Waals surface area (Å²) in [4.78, 5) is 9.82. The molecule has 1 fully saturated rings. The van der Waals surface area contributed by atoms with Gasteiger partial charge >= 0.3 is 5.69 Å². The normalized spacial score (nSPS) is 19.9. The zero-order valence-electron chi connectivity index (χ0n) is 9.19. The van der Waals surface area contributed by atoms with Gasteiger partial charge in [0, 0.05) is 12.6 Å². The van der Waals surface area contributed by atoms with Gasteiger partial charge in [0.2, 0.25) is 5.82 Å². The minimum Gasteiger partial charge on any atom is -0.486 e. The minimum absolute atomic E-state index is 0.0482. The van der Waals surface area contributed by atoms with E-state index in [-0.39, 0.29) is 11.9 Å². The number of hydrogen-bond donors (Lipinski definition) is 1. The number of rotatable bonds is 3. The third-order valence-corrected chi connectivity index (χ3v) is 2.68. The summed E-state index contributed by atoms with van der Waals surface area (Å²) in [5, 5.41) is 13.7. The predicted molar refractivity (Wildman–Crippen MR) is 59.6 cm³/mol. The van der Waals surface area contributed by atoms with Crippen LogP contribution < -0.4 is 10.1 Å². The first-order valence-corrected chi connectivity index (χ1v) is 5.49. The molecule has 1 aromatic rings. The summed E-state index contributed by atoms with van der Waals surface area (Å²) >= 11 is 0. The van der Waals surface area contributed by atoms with Crippen molar-refractivity contribution in [3.05, 3.63) is 34.1 Å². The molecule has 1 aromatic carbocycles. The van der Waals surface area contributed by atoms with Gasteiger partial charge in [-0.3, -0.25) is 10.1 Å². The molecule has 1 saturated heterocycles. The minimum atomic E-state index is -0.900. The maximum absolute atomic E-state index is 13.7. The predicted octanol–water partition coefficient (Wildman–Crippen LogP) is 1.86. The van der Waals surface area contributed by atoms with Gasteiger partial charge in [-0.2, -0.15) is 4.39 Å². The summed E-state index contributed by atoms with van der Waals surface area (Å²) in [6.07, 6.45) is 1.66. The fourth-order valence-corrected chi connectivity index (χ4v) is 1.83. The van der Waals surface area contributed by atoms with E-state index in [0.717, 1.165) is 25.5 Å². The standard InChI is InChI=1S/C11H13FN2O3/c12-11-9(14(15)16)4-1-5-10(11)17-8-3-2-6-13-7-8/h1,4-5,8,13H,2-3,6-7H2. The molecule has 1 aliphatic heterocycles. The fourth-order valence-electron chi connectivity index (χ4n) is 1.83. The van der Waals surface area contributed by atoms with Gasteiger partial charge in [0.05, 0.1) is 4.92 Å². The Hall–Kier alpha value is -1.69. The highest BCUT2D eigenvalue weighted by Crippen LogP contribution is 2.27. The molecule has 1 atom stereocenters. The summed E-state index contributed by atoms with van der Waals surface area (Å²) in [7, 11) is 0. The van der Waals surface area contributed by atoms with Crippen LogP contribution in [0.1, 0.15) is 12.8 Å². The summed E-state index contributed by atoms with van der Waals surface area (Å²) in [5.74, 6) is -0.948. The van der Waals surface area contributed by atoms with Gasteiger partial charge < -0.3 is 10.1 Å². The molecular weight excluding hydrogens is 227 g/mol. The molecule has 0 radical (unpaired) electrons. The zero-order valence-corrected chi connectivity index (χ0v) is 9.19. The Morgan fingerprint density at radius 3 is 3.00 bits per heavy atom. The molecule has 1 N–H and O–H groups in total. The lowest BCUT2D eigenvalue weighted by Crippen LogP contribution is -2.37. The molecule has 17 heavy (non-hydrogen) atoms. The number of nitrogens with one attached hydrogen (secondary N) is 1. The largest absolute Gasteiger partial charge is 0.486 e. The Labute approximate surface area is 97.7 Å². The summed E-state index contributed by atoms with van der Waals surface area (Å²) in [6, 6.07) is 3.96. The number of benzene rings is 1. The van der Waals surface area contributed by atoms with Crippen molar-refractivity contribution in [2.24, 2.45) is 0 Å². The Balaban J connectivity index is 2.15. The highest BCUT2D eigenvalue weighted by molar-refractivity contribution is 5.40. The van der Waals surface area contributed by atoms with Crippen molar-refractivity contribution < 1.29 is 14.1 Å². The second-order valence-electron chi connectivity index (χ2n) is 3.93. The summed E-state index contributed by atoms with van der Waals surface area (Å²) in [6.45, 7) is 1.57. The lowest BCUT2D eigenvalue weighted by molar-refractivity contribution is -0.387. The van der Waals surface area contributed by atoms with E-state index in [1.165, 1.54) is 12.1 Å². The van der Waals surface area contributed by atoms with Crippen molar-refractivity contribution in [1.82, 2.24) is 5.32 Å². The van der Waals surface area contributed by atoms with Crippen LogP contribution in [0, 0.1) is 15.9 Å². The number of ether oxygens (including phenoxy) is 1. The molecule has 1 unspecified atom stereocenters. The second-order valence-corrected chi connectivity index (χ2v) is 3.93. The molecule has 92 valence electrons. The van der Waals surface area contributed by atoms with Crippen molar-refractivity contribution in [2.45, 2.75) is 18.9 Å². The highest BCUT2D eigenvalue weighted by atomic mass is 19.1. The average molecular weight is 240 g/mol. The van der Waals surface area contributed by atoms with E-state index in [1.807, 2.05) is 0 Å². The Morgan fingerprint density at radius 1 is 1.53 bits per heavy atom. The first-order valence-electron chi connectivity index (χ1n) is 5.49. The molecule has 0 saturated carbocycles. The van der Waals surface area contributed by atoms with Crippen LogP contribution in [0.5, 0.6) is 5.75 Å². The number of hydrogen-bond acceptors (Lipinski definition) is 4. The van der Waals surface area contributed by atoms with Crippen LogP contribution in [0.3, 0.4) is 0 Å². The number of halogens is 1. The Kier molecular flexibility index (Phi) is 3.53. The number of nitro benzene ring substituents is 1. The Bertz CT molecular complexity index is 419. The number of nitrogens with zero attached hydrogens (tertiary/aromatic N) is 1. The van der Waals surface area contributed by atoms with Gasteiger partial charge in [-0.15, -0.1) is 0 Å². The molecule has 6 heteroatoms. The molecule has 0 aliphatic carbocycles. The van der Waals surface area contributed by atoms with Crippen LogP contribution in [-0.2, 0) is 0 Å². The summed E-state index contributed by atoms with van der Waals surface area (Å²) < 4.78 is 19.1. The van der Waals surface area contributed by atoms with Crippen LogP contribution in [0.2, 0.25) is 0 Å². The first-order chi connectivity index (χ1) is 8.18. The highest BCUT2D eigenvalue weighted by Gasteiger charge is 2.21. The third kappa shape index (κ3) is 2.71. The van der Waals surface area contributed by atoms with E-state index in [9.17, 15) is 14.5 Å². The molecule has 1 heterocycles. The van der Waals surface area contributed by atoms with E-state index in [4.69, 9.17) is 4.74 Å². The zero-order chi connectivity index (χ0) is 12.3. The van der Waals surface area contributed by atoms with Gasteiger partial charge in [-0.25, -0.2) is 0 Å². The third-order valence-electron chi connectivity index (χ3n) is 2.68. The van der Waals surface area contributed by atoms with Crippen molar-refractivity contribution in [3.63, 3.8) is 0 Å². The fraction of sp³-hybridized carbons (Fsp3) is 0.455. The molecule has 0 aromatic heterocycles. The SMILES string of the molecule is O=[N+]([O-])c1cccc(OC2CCCNC2)c1F. The quantitative estimate of drug-likeness (QED) is 0.647. The molecule has 1 aliphatic rings. The molecule has 5 nitrogen and oxygen atoms in total. The maximum Gasteiger partial charge on any atom is 0.308 e. The number of piperidine rings is 1. The second kappa shape index (κ2) is 5.09. The van der Waals surface area contributed by atoms with E-state index in [0.29, 0.717) is 6.54 Å². The van der Waals surface area contributed by atoms with Crippen molar-refractivity contribution in [1.29, 1.82) is 0 Å². The van der Waals surface area contributed by atoms with E-state index in [2.05, 4.69) is 5.32 Å². The molecular formula is C11H13FN2O3. The van der Waals surface area contributed by atoms with Crippen LogP contribution in [0.15, 0.2) is 18.2 Å². The monoisotopic (exact) mass is 240 g/mol. The average Bonchev–Trinajstić information content (AvgIpc) is 2.33. The molecule has 0 bridgehead atoms. The van der Waals surface area contributed by atoms with Gasteiger partial charge in [0.15, 0.2) is 5.75 Å². The smallest absolute Gasteiger partial charge is 0.308 e. The van der Waals surface area contributed by atoms with Gasteiger partial charge in [0.25, 0.3) is 0 Å². The van der Waals surface area contributed by atoms with Crippen molar-refractivity contribution >= 4 is 5.69 Å². The number of nitro groups is 1. The van der Waals surface area contributed by atoms with Crippen LogP contribution in [-0.4, -0.2) is 24.1 Å². The van der Waals surface area contributed by atoms with Gasteiger partial charge in [0.1, 0.15) is 6.10 Å². The van der Waals surface area contributed by atoms with Crippen LogP contribution in [0.4, 0.5) is 10.1 Å². The first kappa shape index (κ1) is 11.8. The maximum atomic E-state index is 13.7. The van der Waals surface area contributed by atoms with Crippen LogP contribution >= 0.6 is 0 Å². The molecule has 0 amide bonds. The van der Waals surface area contributed by atoms with Gasteiger partial charge in [-0.05, 0) is 25.5 Å². The summed E-state index contributed by atoms with van der Waals surface area (Å²) in [5.41, 5.74) is -0.550.